The first-order valence-electron chi connectivity index (χ1n) is 6.52. The molecule has 2 aromatic heterocycles. The van der Waals surface area contributed by atoms with E-state index >= 15 is 0 Å². The number of nitrogens with one attached hydrogen (secondary N) is 1. The molecule has 2 aromatic rings. The number of fused-ring (bicyclic) bond motifs is 1. The number of aryl methyl sites for hydroxylation is 1. The monoisotopic (exact) mass is 327 g/mol. The van der Waals surface area contributed by atoms with Gasteiger partial charge in [0.25, 0.3) is 12.0 Å². The van der Waals surface area contributed by atoms with E-state index in [1.54, 1.807) is 0 Å². The van der Waals surface area contributed by atoms with Gasteiger partial charge < -0.3 is 0 Å². The molecule has 1 unspecified atom stereocenters. The van der Waals surface area contributed by atoms with E-state index in [9.17, 15) is 23.2 Å². The number of hydrogen-bond donors (Lipinski definition) is 1. The second-order valence-electron chi connectivity index (χ2n) is 4.96. The van der Waals surface area contributed by atoms with Crippen LogP contribution in [-0.2, 0) is 9.59 Å². The maximum Gasteiger partial charge on any atom is 0.273 e. The van der Waals surface area contributed by atoms with Crippen molar-refractivity contribution in [1.82, 2.24) is 14.9 Å². The van der Waals surface area contributed by atoms with Crippen molar-refractivity contribution in [1.29, 1.82) is 0 Å². The van der Waals surface area contributed by atoms with Crippen molar-refractivity contribution in [2.45, 2.75) is 32.2 Å². The number of hydrogen-bond acceptors (Lipinski definition) is 5. The number of carbonyl (C=O) groups is 2. The number of rotatable bonds is 2. The molecule has 0 spiro atoms. The van der Waals surface area contributed by atoms with Crippen molar-refractivity contribution in [3.05, 3.63) is 26.4 Å². The lowest BCUT2D eigenvalue weighted by atomic mass is 10.1. The summed E-state index contributed by atoms with van der Waals surface area (Å²) in [6.45, 7) is 1.53. The van der Waals surface area contributed by atoms with Gasteiger partial charge in [-0.3, -0.25) is 24.3 Å². The summed E-state index contributed by atoms with van der Waals surface area (Å²) in [6, 6.07) is -0.910. The van der Waals surface area contributed by atoms with Gasteiger partial charge in [0.05, 0.1) is 15.8 Å². The highest BCUT2D eigenvalue weighted by Gasteiger charge is 2.31. The van der Waals surface area contributed by atoms with Crippen molar-refractivity contribution in [2.75, 3.05) is 0 Å². The Kier molecular flexibility index (Phi) is 3.51. The van der Waals surface area contributed by atoms with E-state index in [2.05, 4.69) is 10.3 Å². The predicted octanol–water partition coefficient (Wildman–Crippen LogP) is 1.68. The summed E-state index contributed by atoms with van der Waals surface area (Å²) in [7, 11) is 0. The molecule has 0 aromatic carbocycles. The fourth-order valence-corrected chi connectivity index (χ4v) is 3.43. The Morgan fingerprint density at radius 1 is 1.41 bits per heavy atom. The van der Waals surface area contributed by atoms with Gasteiger partial charge >= 0.3 is 0 Å². The molecule has 6 nitrogen and oxygen atoms in total. The number of carbonyl (C=O) groups excluding carboxylic acids is 2. The molecule has 1 N–H and O–H groups in total. The number of piperidine rings is 1. The molecule has 3 rings (SSSR count). The zero-order valence-corrected chi connectivity index (χ0v) is 12.2. The molecule has 3 heterocycles. The highest BCUT2D eigenvalue weighted by molar-refractivity contribution is 7.11. The third kappa shape index (κ3) is 2.21. The fourth-order valence-electron chi connectivity index (χ4n) is 2.61. The third-order valence-corrected chi connectivity index (χ3v) is 4.56. The van der Waals surface area contributed by atoms with Gasteiger partial charge in [0.1, 0.15) is 11.9 Å². The molecule has 2 amide bonds. The third-order valence-electron chi connectivity index (χ3n) is 3.58. The van der Waals surface area contributed by atoms with Gasteiger partial charge in [-0.2, -0.15) is 0 Å². The molecule has 1 aliphatic rings. The van der Waals surface area contributed by atoms with Gasteiger partial charge in [0.15, 0.2) is 0 Å². The summed E-state index contributed by atoms with van der Waals surface area (Å²) in [4.78, 5) is 39.5. The van der Waals surface area contributed by atoms with Gasteiger partial charge in [0, 0.05) is 11.8 Å². The van der Waals surface area contributed by atoms with Crippen molar-refractivity contribution in [3.8, 4) is 0 Å². The molecule has 0 saturated carbocycles. The Hall–Kier alpha value is -2.16. The smallest absolute Gasteiger partial charge is 0.273 e. The van der Waals surface area contributed by atoms with E-state index in [1.165, 1.54) is 12.3 Å². The summed E-state index contributed by atoms with van der Waals surface area (Å²) in [5.74, 6) is -0.771. The predicted molar refractivity (Wildman–Crippen MR) is 75.0 cm³/mol. The average molecular weight is 327 g/mol. The van der Waals surface area contributed by atoms with E-state index < -0.39 is 29.8 Å². The average Bonchev–Trinajstić information content (AvgIpc) is 2.85. The number of thiophene rings is 1. The van der Waals surface area contributed by atoms with Crippen LogP contribution in [0.5, 0.6) is 0 Å². The van der Waals surface area contributed by atoms with E-state index in [-0.39, 0.29) is 34.4 Å². The molecule has 0 radical (unpaired) electrons. The lowest BCUT2D eigenvalue weighted by Crippen LogP contribution is -2.45. The molecule has 22 heavy (non-hydrogen) atoms. The van der Waals surface area contributed by atoms with Crippen LogP contribution in [0.3, 0.4) is 0 Å². The van der Waals surface area contributed by atoms with Crippen LogP contribution >= 0.6 is 11.3 Å². The van der Waals surface area contributed by atoms with Gasteiger partial charge in [-0.25, -0.2) is 13.8 Å². The summed E-state index contributed by atoms with van der Waals surface area (Å²) in [6.07, 6.45) is -2.55. The zero-order valence-electron chi connectivity index (χ0n) is 11.4. The van der Waals surface area contributed by atoms with Crippen molar-refractivity contribution in [2.24, 2.45) is 0 Å². The van der Waals surface area contributed by atoms with E-state index in [1.807, 2.05) is 0 Å². The van der Waals surface area contributed by atoms with Gasteiger partial charge in [-0.05, 0) is 13.3 Å². The number of imide groups is 1. The van der Waals surface area contributed by atoms with Crippen LogP contribution in [0.25, 0.3) is 10.9 Å². The standard InChI is InChI=1S/C13H11F2N3O3S/c1-5-16-6-4-22-10(11(14)15)9(6)13(21)18(5)7-2-3-8(19)17-12(7)20/h4,7,11H,2-3H2,1H3,(H,17,19,20). The van der Waals surface area contributed by atoms with Crippen LogP contribution in [0, 0.1) is 6.92 Å². The molecule has 1 atom stereocenters. The molecule has 1 saturated heterocycles. The number of nitrogens with zero attached hydrogens (tertiary/aromatic N) is 2. The fraction of sp³-hybridized carbons (Fsp3) is 0.385. The van der Waals surface area contributed by atoms with Crippen LogP contribution in [0.4, 0.5) is 8.78 Å². The second-order valence-corrected chi connectivity index (χ2v) is 5.87. The van der Waals surface area contributed by atoms with Crippen molar-refractivity contribution >= 4 is 34.1 Å². The first-order chi connectivity index (χ1) is 10.4. The normalized spacial score (nSPS) is 19.0. The molecule has 9 heteroatoms. The number of amides is 2. The first-order valence-corrected chi connectivity index (χ1v) is 7.40. The second kappa shape index (κ2) is 5.24. The number of halogens is 2. The lowest BCUT2D eigenvalue weighted by Gasteiger charge is -2.24. The van der Waals surface area contributed by atoms with E-state index in [0.29, 0.717) is 0 Å². The van der Waals surface area contributed by atoms with Crippen LogP contribution in [0.1, 0.15) is 36.0 Å². The van der Waals surface area contributed by atoms with Crippen molar-refractivity contribution in [3.63, 3.8) is 0 Å². The molecule has 116 valence electrons. The van der Waals surface area contributed by atoms with Crippen LogP contribution in [-0.4, -0.2) is 21.4 Å². The minimum Gasteiger partial charge on any atom is -0.295 e. The van der Waals surface area contributed by atoms with Gasteiger partial charge in [-0.1, -0.05) is 0 Å². The summed E-state index contributed by atoms with van der Waals surface area (Å²) in [5.41, 5.74) is -0.472. The minimum absolute atomic E-state index is 0.0890. The topological polar surface area (TPSA) is 81.1 Å². The van der Waals surface area contributed by atoms with Crippen LogP contribution < -0.4 is 10.9 Å². The van der Waals surface area contributed by atoms with E-state index in [4.69, 9.17) is 0 Å². The highest BCUT2D eigenvalue weighted by atomic mass is 32.1. The first kappa shape index (κ1) is 14.8. The van der Waals surface area contributed by atoms with Crippen LogP contribution in [0.15, 0.2) is 10.2 Å². The Labute approximate surface area is 126 Å². The number of aromatic nitrogens is 2. The summed E-state index contributed by atoms with van der Waals surface area (Å²) in [5, 5.41) is 3.40. The number of alkyl halides is 2. The summed E-state index contributed by atoms with van der Waals surface area (Å²) >= 11 is 0.770. The van der Waals surface area contributed by atoms with Crippen LogP contribution in [0.2, 0.25) is 0 Å². The molecule has 1 fully saturated rings. The molecule has 0 aliphatic carbocycles. The molecule has 1 aliphatic heterocycles. The zero-order chi connectivity index (χ0) is 16.0. The Morgan fingerprint density at radius 2 is 2.14 bits per heavy atom. The van der Waals surface area contributed by atoms with E-state index in [0.717, 1.165) is 15.9 Å². The Bertz CT molecular complexity index is 843. The quantitative estimate of drug-likeness (QED) is 0.851. The largest absolute Gasteiger partial charge is 0.295 e. The maximum atomic E-state index is 13.0. The lowest BCUT2D eigenvalue weighted by molar-refractivity contribution is -0.135. The minimum atomic E-state index is -2.78. The Balaban J connectivity index is 2.21. The maximum absolute atomic E-state index is 13.0. The molecular formula is C13H11F2N3O3S. The SMILES string of the molecule is Cc1nc2csc(C(F)F)c2c(=O)n1C1CCC(=O)NC1=O. The summed E-state index contributed by atoms with van der Waals surface area (Å²) < 4.78 is 27.1. The molecule has 0 bridgehead atoms. The van der Waals surface area contributed by atoms with Gasteiger partial charge in [-0.15, -0.1) is 11.3 Å². The van der Waals surface area contributed by atoms with Gasteiger partial charge in [0.2, 0.25) is 11.8 Å². The van der Waals surface area contributed by atoms with Crippen molar-refractivity contribution < 1.29 is 18.4 Å². The molecular weight excluding hydrogens is 316 g/mol. The Morgan fingerprint density at radius 3 is 2.77 bits per heavy atom. The highest BCUT2D eigenvalue weighted by Crippen LogP contribution is 2.31.